The summed E-state index contributed by atoms with van der Waals surface area (Å²) >= 11 is 0. The highest BCUT2D eigenvalue weighted by molar-refractivity contribution is 7.89. The van der Waals surface area contributed by atoms with Crippen molar-refractivity contribution in [3.05, 3.63) is 78.4 Å². The number of fused-ring (bicyclic) bond motifs is 1. The van der Waals surface area contributed by atoms with Gasteiger partial charge in [-0.2, -0.15) is 0 Å². The lowest BCUT2D eigenvalue weighted by molar-refractivity contribution is -0.0511. The van der Waals surface area contributed by atoms with Gasteiger partial charge in [-0.15, -0.1) is 0 Å². The molecule has 0 spiro atoms. The largest absolute Gasteiger partial charge is 0.394 e. The smallest absolute Gasteiger partial charge is 0.240 e. The first-order valence-electron chi connectivity index (χ1n) is 12.0. The third-order valence-corrected chi connectivity index (χ3v) is 7.80. The molecule has 38 heavy (non-hydrogen) atoms. The Kier molecular flexibility index (Phi) is 7.38. The van der Waals surface area contributed by atoms with Crippen LogP contribution < -0.4 is 10.0 Å². The quantitative estimate of drug-likeness (QED) is 0.207. The van der Waals surface area contributed by atoms with Crippen LogP contribution in [0.4, 0.5) is 5.82 Å². The summed E-state index contributed by atoms with van der Waals surface area (Å²) in [6.45, 7) is 1.25. The minimum Gasteiger partial charge on any atom is -0.394 e. The highest BCUT2D eigenvalue weighted by Crippen LogP contribution is 2.33. The Labute approximate surface area is 219 Å². The number of aromatic nitrogens is 4. The molecular weight excluding hydrogens is 512 g/mol. The number of imidazole rings is 1. The number of rotatable bonds is 9. The summed E-state index contributed by atoms with van der Waals surface area (Å²) < 4.78 is 35.2. The van der Waals surface area contributed by atoms with Gasteiger partial charge in [-0.05, 0) is 24.6 Å². The molecule has 0 saturated carbocycles. The van der Waals surface area contributed by atoms with E-state index in [0.29, 0.717) is 11.3 Å². The van der Waals surface area contributed by atoms with Crippen LogP contribution in [0.5, 0.6) is 0 Å². The number of anilines is 1. The van der Waals surface area contributed by atoms with E-state index in [1.165, 1.54) is 23.0 Å². The normalized spacial score (nSPS) is 22.5. The SMILES string of the molecule is CC(Nc1nc(CNS(=O)(=O)c2ccccc2)nc2c1ncn2[C@@H]1O[C@H](CO)[C@@H](O)[C@H]1O)c1ccccc1. The predicted molar refractivity (Wildman–Crippen MR) is 137 cm³/mol. The van der Waals surface area contributed by atoms with E-state index in [2.05, 4.69) is 25.0 Å². The third kappa shape index (κ3) is 5.12. The molecule has 3 heterocycles. The summed E-state index contributed by atoms with van der Waals surface area (Å²) in [5.74, 6) is 0.499. The van der Waals surface area contributed by atoms with Gasteiger partial charge >= 0.3 is 0 Å². The molecule has 1 aliphatic heterocycles. The van der Waals surface area contributed by atoms with Gasteiger partial charge in [0.25, 0.3) is 0 Å². The fourth-order valence-corrected chi connectivity index (χ4v) is 5.31. The van der Waals surface area contributed by atoms with Gasteiger partial charge in [-0.25, -0.2) is 28.1 Å². The van der Waals surface area contributed by atoms with Crippen molar-refractivity contribution in [2.24, 2.45) is 0 Å². The summed E-state index contributed by atoms with van der Waals surface area (Å²) in [6.07, 6.45) is -3.32. The number of nitrogens with zero attached hydrogens (tertiary/aromatic N) is 4. The van der Waals surface area contributed by atoms with E-state index in [1.807, 2.05) is 37.3 Å². The van der Waals surface area contributed by atoms with Gasteiger partial charge in [0.2, 0.25) is 10.0 Å². The predicted octanol–water partition coefficient (Wildman–Crippen LogP) is 1.09. The molecule has 0 bridgehead atoms. The Morgan fingerprint density at radius 1 is 1.03 bits per heavy atom. The molecule has 2 aromatic carbocycles. The van der Waals surface area contributed by atoms with Crippen molar-refractivity contribution in [1.29, 1.82) is 0 Å². The van der Waals surface area contributed by atoms with Gasteiger partial charge in [0.15, 0.2) is 23.2 Å². The lowest BCUT2D eigenvalue weighted by Crippen LogP contribution is -2.33. The van der Waals surface area contributed by atoms with Crippen LogP contribution in [0.15, 0.2) is 71.9 Å². The number of aliphatic hydroxyl groups excluding tert-OH is 3. The number of nitrogens with one attached hydrogen (secondary N) is 2. The molecule has 2 aromatic heterocycles. The van der Waals surface area contributed by atoms with Gasteiger partial charge in [-0.1, -0.05) is 48.5 Å². The molecular formula is C25H28N6O6S. The van der Waals surface area contributed by atoms with E-state index in [1.54, 1.807) is 18.2 Å². The summed E-state index contributed by atoms with van der Waals surface area (Å²) in [5, 5.41) is 33.6. The van der Waals surface area contributed by atoms with E-state index in [9.17, 15) is 23.7 Å². The Hall–Kier alpha value is -3.46. The maximum Gasteiger partial charge on any atom is 0.240 e. The molecule has 0 amide bonds. The number of hydrogen-bond donors (Lipinski definition) is 5. The van der Waals surface area contributed by atoms with Crippen molar-refractivity contribution < 1.29 is 28.5 Å². The minimum absolute atomic E-state index is 0.105. The van der Waals surface area contributed by atoms with Crippen LogP contribution in [0.25, 0.3) is 11.2 Å². The molecule has 1 saturated heterocycles. The Morgan fingerprint density at radius 2 is 1.71 bits per heavy atom. The molecule has 1 unspecified atom stereocenters. The fourth-order valence-electron chi connectivity index (χ4n) is 4.31. The van der Waals surface area contributed by atoms with Gasteiger partial charge in [0.1, 0.15) is 24.1 Å². The molecule has 5 N–H and O–H groups in total. The molecule has 12 nitrogen and oxygen atoms in total. The Bertz CT molecular complexity index is 1500. The molecule has 13 heteroatoms. The summed E-state index contributed by atoms with van der Waals surface area (Å²) in [4.78, 5) is 13.6. The lowest BCUT2D eigenvalue weighted by atomic mass is 10.1. The molecule has 5 rings (SSSR count). The van der Waals surface area contributed by atoms with Crippen molar-refractivity contribution in [2.75, 3.05) is 11.9 Å². The van der Waals surface area contributed by atoms with E-state index in [0.717, 1.165) is 5.56 Å². The Morgan fingerprint density at radius 3 is 2.37 bits per heavy atom. The van der Waals surface area contributed by atoms with Gasteiger partial charge in [0.05, 0.1) is 30.4 Å². The second-order valence-corrected chi connectivity index (χ2v) is 10.7. The summed E-state index contributed by atoms with van der Waals surface area (Å²) in [7, 11) is -3.83. The zero-order valence-electron chi connectivity index (χ0n) is 20.4. The van der Waals surface area contributed by atoms with Crippen molar-refractivity contribution in [3.8, 4) is 0 Å². The molecule has 0 aliphatic carbocycles. The number of hydrogen-bond acceptors (Lipinski definition) is 10. The summed E-state index contributed by atoms with van der Waals surface area (Å²) in [5.41, 5.74) is 1.61. The van der Waals surface area contributed by atoms with Crippen LogP contribution in [0.2, 0.25) is 0 Å². The minimum atomic E-state index is -3.83. The van der Waals surface area contributed by atoms with Crippen molar-refractivity contribution in [1.82, 2.24) is 24.2 Å². The molecule has 1 fully saturated rings. The van der Waals surface area contributed by atoms with E-state index >= 15 is 0 Å². The second kappa shape index (κ2) is 10.7. The van der Waals surface area contributed by atoms with E-state index < -0.39 is 41.2 Å². The first-order valence-corrected chi connectivity index (χ1v) is 13.5. The molecule has 4 aromatic rings. The number of benzene rings is 2. The third-order valence-electron chi connectivity index (χ3n) is 6.39. The topological polar surface area (TPSA) is 172 Å². The van der Waals surface area contributed by atoms with E-state index in [-0.39, 0.29) is 29.0 Å². The Balaban J connectivity index is 1.52. The maximum atomic E-state index is 12.8. The number of aliphatic hydroxyl groups is 3. The van der Waals surface area contributed by atoms with Crippen LogP contribution in [-0.2, 0) is 21.3 Å². The maximum absolute atomic E-state index is 12.8. The van der Waals surface area contributed by atoms with Crippen LogP contribution in [0, 0.1) is 0 Å². The standard InChI is InChI=1S/C25H28N6O6S/c1-15(16-8-4-2-5-9-16)28-23-20-24(31(14-26-20)25-22(34)21(33)18(13-32)37-25)30-19(29-23)12-27-38(35,36)17-10-6-3-7-11-17/h2-11,14-15,18,21-22,25,27,32-34H,12-13H2,1H3,(H,28,29,30)/t15?,18-,21-,22-,25-/m1/s1. The zero-order valence-corrected chi connectivity index (χ0v) is 21.2. The van der Waals surface area contributed by atoms with Gasteiger partial charge in [-0.3, -0.25) is 4.57 Å². The average Bonchev–Trinajstić information content (AvgIpc) is 3.49. The molecule has 1 aliphatic rings. The van der Waals surface area contributed by atoms with Gasteiger partial charge < -0.3 is 25.4 Å². The van der Waals surface area contributed by atoms with Crippen LogP contribution in [0.3, 0.4) is 0 Å². The zero-order chi connectivity index (χ0) is 26.9. The first kappa shape index (κ1) is 26.2. The summed E-state index contributed by atoms with van der Waals surface area (Å²) in [6, 6.07) is 17.4. The van der Waals surface area contributed by atoms with E-state index in [4.69, 9.17) is 4.74 Å². The number of ether oxygens (including phenoxy) is 1. The van der Waals surface area contributed by atoms with Crippen molar-refractivity contribution >= 4 is 27.0 Å². The van der Waals surface area contributed by atoms with Crippen LogP contribution in [0.1, 0.15) is 30.6 Å². The highest BCUT2D eigenvalue weighted by Gasteiger charge is 2.44. The monoisotopic (exact) mass is 540 g/mol. The van der Waals surface area contributed by atoms with Crippen LogP contribution in [-0.4, -0.2) is 68.2 Å². The molecule has 0 radical (unpaired) electrons. The number of sulfonamides is 1. The first-order chi connectivity index (χ1) is 18.3. The fraction of sp³-hybridized carbons (Fsp3) is 0.320. The molecule has 5 atom stereocenters. The molecule has 200 valence electrons. The van der Waals surface area contributed by atoms with Crippen LogP contribution >= 0.6 is 0 Å². The lowest BCUT2D eigenvalue weighted by Gasteiger charge is -2.18. The van der Waals surface area contributed by atoms with Crippen molar-refractivity contribution in [3.63, 3.8) is 0 Å². The highest BCUT2D eigenvalue weighted by atomic mass is 32.2. The second-order valence-electron chi connectivity index (χ2n) is 8.96. The van der Waals surface area contributed by atoms with Gasteiger partial charge in [0, 0.05) is 0 Å². The average molecular weight is 541 g/mol. The van der Waals surface area contributed by atoms with Crippen molar-refractivity contribution in [2.45, 2.75) is 48.9 Å².